The van der Waals surface area contributed by atoms with Crippen molar-refractivity contribution in [3.63, 3.8) is 0 Å². The Morgan fingerprint density at radius 3 is 2.60 bits per heavy atom. The summed E-state index contributed by atoms with van der Waals surface area (Å²) in [5, 5.41) is 14.1. The maximum absolute atomic E-state index is 13.7. The molecule has 11 heteroatoms. The molecule has 0 aliphatic carbocycles. The number of anilines is 1. The highest BCUT2D eigenvalue weighted by atomic mass is 32.2. The number of ether oxygens (including phenoxy) is 2. The maximum atomic E-state index is 13.7. The standard InChI is InChI=1S/C24H26FN5O4S/c1-4-30-21(14-26-22(31)12-10-16-9-11-19(33-2)20(13-16)34-3)28-29-24(30)35-15-23(32)27-18-8-6-5-7-17(18)25/h5-13H,4,14-15H2,1-3H3,(H,26,31)(H,27,32)/b12-10+. The second kappa shape index (κ2) is 12.6. The SMILES string of the molecule is CCn1c(CNC(=O)/C=C/c2ccc(OC)c(OC)c2)nnc1SCC(=O)Nc1ccccc1F. The van der Waals surface area contributed by atoms with Crippen LogP contribution in [0.15, 0.2) is 53.7 Å². The van der Waals surface area contributed by atoms with Gasteiger partial charge in [-0.1, -0.05) is 30.0 Å². The van der Waals surface area contributed by atoms with E-state index in [0.29, 0.717) is 29.0 Å². The molecular weight excluding hydrogens is 473 g/mol. The average molecular weight is 500 g/mol. The summed E-state index contributed by atoms with van der Waals surface area (Å²) in [6, 6.07) is 11.3. The van der Waals surface area contributed by atoms with E-state index in [-0.39, 0.29) is 29.8 Å². The van der Waals surface area contributed by atoms with Gasteiger partial charge in [-0.25, -0.2) is 4.39 Å². The number of para-hydroxylation sites is 1. The van der Waals surface area contributed by atoms with Gasteiger partial charge >= 0.3 is 0 Å². The summed E-state index contributed by atoms with van der Waals surface area (Å²) < 4.78 is 26.0. The van der Waals surface area contributed by atoms with Crippen LogP contribution >= 0.6 is 11.8 Å². The predicted molar refractivity (Wildman–Crippen MR) is 132 cm³/mol. The molecule has 0 radical (unpaired) electrons. The van der Waals surface area contributed by atoms with Gasteiger partial charge in [0, 0.05) is 12.6 Å². The minimum atomic E-state index is -0.499. The van der Waals surface area contributed by atoms with Crippen molar-refractivity contribution >= 4 is 35.3 Å². The fraction of sp³-hybridized carbons (Fsp3) is 0.250. The first-order valence-electron chi connectivity index (χ1n) is 10.7. The number of amides is 2. The van der Waals surface area contributed by atoms with Crippen LogP contribution in [0.3, 0.4) is 0 Å². The minimum absolute atomic E-state index is 0.0346. The van der Waals surface area contributed by atoms with E-state index in [9.17, 15) is 14.0 Å². The first kappa shape index (κ1) is 25.8. The Morgan fingerprint density at radius 1 is 1.11 bits per heavy atom. The fourth-order valence-electron chi connectivity index (χ4n) is 3.11. The third-order valence-corrected chi connectivity index (χ3v) is 5.81. The molecule has 0 spiro atoms. The highest BCUT2D eigenvalue weighted by molar-refractivity contribution is 7.99. The van der Waals surface area contributed by atoms with Gasteiger partial charge in [-0.05, 0) is 42.8 Å². The summed E-state index contributed by atoms with van der Waals surface area (Å²) >= 11 is 1.18. The molecule has 0 saturated heterocycles. The van der Waals surface area contributed by atoms with Crippen LogP contribution < -0.4 is 20.1 Å². The van der Waals surface area contributed by atoms with Gasteiger partial charge < -0.3 is 24.7 Å². The van der Waals surface area contributed by atoms with Gasteiger partial charge in [0.2, 0.25) is 11.8 Å². The van der Waals surface area contributed by atoms with Crippen LogP contribution in [0.25, 0.3) is 6.08 Å². The summed E-state index contributed by atoms with van der Waals surface area (Å²) in [4.78, 5) is 24.5. The average Bonchev–Trinajstić information content (AvgIpc) is 3.27. The van der Waals surface area contributed by atoms with Crippen molar-refractivity contribution < 1.29 is 23.5 Å². The van der Waals surface area contributed by atoms with Gasteiger partial charge in [0.05, 0.1) is 32.2 Å². The van der Waals surface area contributed by atoms with E-state index in [4.69, 9.17) is 9.47 Å². The van der Waals surface area contributed by atoms with Crippen LogP contribution in [0.1, 0.15) is 18.3 Å². The molecule has 0 aliphatic rings. The van der Waals surface area contributed by atoms with E-state index in [2.05, 4.69) is 20.8 Å². The van der Waals surface area contributed by atoms with Gasteiger partial charge in [-0.3, -0.25) is 9.59 Å². The number of rotatable bonds is 11. The first-order chi connectivity index (χ1) is 16.9. The molecule has 0 saturated carbocycles. The van der Waals surface area contributed by atoms with Crippen LogP contribution in [0.2, 0.25) is 0 Å². The highest BCUT2D eigenvalue weighted by Gasteiger charge is 2.14. The number of carbonyl (C=O) groups is 2. The molecule has 0 bridgehead atoms. The fourth-order valence-corrected chi connectivity index (χ4v) is 3.93. The number of aromatic nitrogens is 3. The number of thioether (sulfide) groups is 1. The van der Waals surface area contributed by atoms with Gasteiger partial charge in [0.15, 0.2) is 22.5 Å². The molecule has 0 unspecified atom stereocenters. The Bertz CT molecular complexity index is 1210. The third kappa shape index (κ3) is 7.06. The quantitative estimate of drug-likeness (QED) is 0.307. The van der Waals surface area contributed by atoms with Crippen LogP contribution in [0.5, 0.6) is 11.5 Å². The summed E-state index contributed by atoms with van der Waals surface area (Å²) in [5.74, 6) is 0.598. The van der Waals surface area contributed by atoms with E-state index < -0.39 is 5.82 Å². The van der Waals surface area contributed by atoms with Gasteiger partial charge in [-0.15, -0.1) is 10.2 Å². The molecule has 2 amide bonds. The molecule has 3 aromatic rings. The van der Waals surface area contributed by atoms with Crippen molar-refractivity contribution in [3.8, 4) is 11.5 Å². The van der Waals surface area contributed by atoms with Crippen molar-refractivity contribution in [3.05, 3.63) is 65.7 Å². The van der Waals surface area contributed by atoms with E-state index >= 15 is 0 Å². The van der Waals surface area contributed by atoms with E-state index in [1.807, 2.05) is 13.0 Å². The zero-order valence-electron chi connectivity index (χ0n) is 19.6. The lowest BCUT2D eigenvalue weighted by molar-refractivity contribution is -0.116. The summed E-state index contributed by atoms with van der Waals surface area (Å²) in [7, 11) is 3.10. The molecular formula is C24H26FN5O4S. The van der Waals surface area contributed by atoms with Crippen molar-refractivity contribution in [2.45, 2.75) is 25.2 Å². The van der Waals surface area contributed by atoms with Gasteiger partial charge in [-0.2, -0.15) is 0 Å². The van der Waals surface area contributed by atoms with Crippen LogP contribution in [-0.2, 0) is 22.7 Å². The zero-order valence-corrected chi connectivity index (χ0v) is 20.4. The molecule has 35 heavy (non-hydrogen) atoms. The number of benzene rings is 2. The minimum Gasteiger partial charge on any atom is -0.493 e. The molecule has 184 valence electrons. The van der Waals surface area contributed by atoms with Crippen molar-refractivity contribution in [2.75, 3.05) is 25.3 Å². The van der Waals surface area contributed by atoms with Gasteiger partial charge in [0.1, 0.15) is 5.82 Å². The first-order valence-corrected chi connectivity index (χ1v) is 11.7. The smallest absolute Gasteiger partial charge is 0.244 e. The summed E-state index contributed by atoms with van der Waals surface area (Å²) in [6.07, 6.45) is 3.08. The van der Waals surface area contributed by atoms with Crippen molar-refractivity contribution in [2.24, 2.45) is 0 Å². The zero-order chi connectivity index (χ0) is 25.2. The summed E-state index contributed by atoms with van der Waals surface area (Å²) in [5.41, 5.74) is 0.904. The molecule has 0 aliphatic heterocycles. The molecule has 3 rings (SSSR count). The molecule has 9 nitrogen and oxygen atoms in total. The molecule has 1 aromatic heterocycles. The Morgan fingerprint density at radius 2 is 1.89 bits per heavy atom. The number of halogens is 1. The normalized spacial score (nSPS) is 10.9. The molecule has 2 N–H and O–H groups in total. The number of nitrogens with zero attached hydrogens (tertiary/aromatic N) is 3. The predicted octanol–water partition coefficient (Wildman–Crippen LogP) is 3.51. The molecule has 2 aromatic carbocycles. The third-order valence-electron chi connectivity index (χ3n) is 4.85. The van der Waals surface area contributed by atoms with Crippen molar-refractivity contribution in [1.82, 2.24) is 20.1 Å². The molecule has 1 heterocycles. The Balaban J connectivity index is 1.54. The second-order valence-electron chi connectivity index (χ2n) is 7.13. The largest absolute Gasteiger partial charge is 0.493 e. The van der Waals surface area contributed by atoms with E-state index in [0.717, 1.165) is 5.56 Å². The number of nitrogens with one attached hydrogen (secondary N) is 2. The number of hydrogen-bond donors (Lipinski definition) is 2. The van der Waals surface area contributed by atoms with Crippen LogP contribution in [-0.4, -0.2) is 46.6 Å². The lowest BCUT2D eigenvalue weighted by atomic mass is 10.2. The van der Waals surface area contributed by atoms with Crippen LogP contribution in [0.4, 0.5) is 10.1 Å². The van der Waals surface area contributed by atoms with E-state index in [1.165, 1.54) is 30.0 Å². The topological polar surface area (TPSA) is 107 Å². The second-order valence-corrected chi connectivity index (χ2v) is 8.07. The lowest BCUT2D eigenvalue weighted by Gasteiger charge is -2.09. The lowest BCUT2D eigenvalue weighted by Crippen LogP contribution is -2.22. The van der Waals surface area contributed by atoms with Crippen molar-refractivity contribution in [1.29, 1.82) is 0 Å². The number of hydrogen-bond acceptors (Lipinski definition) is 7. The molecule has 0 fully saturated rings. The monoisotopic (exact) mass is 499 g/mol. The maximum Gasteiger partial charge on any atom is 0.244 e. The van der Waals surface area contributed by atoms with E-state index in [1.54, 1.807) is 49.1 Å². The Kier molecular flexibility index (Phi) is 9.24. The number of methoxy groups -OCH3 is 2. The Hall–Kier alpha value is -3.86. The molecule has 0 atom stereocenters. The highest BCUT2D eigenvalue weighted by Crippen LogP contribution is 2.28. The Labute approximate surface area is 206 Å². The van der Waals surface area contributed by atoms with Crippen LogP contribution in [0, 0.1) is 5.82 Å². The number of carbonyl (C=O) groups excluding carboxylic acids is 2. The summed E-state index contributed by atoms with van der Waals surface area (Å²) in [6.45, 7) is 2.63. The van der Waals surface area contributed by atoms with Gasteiger partial charge in [0.25, 0.3) is 0 Å².